The summed E-state index contributed by atoms with van der Waals surface area (Å²) in [4.78, 5) is 10.9. The lowest BCUT2D eigenvalue weighted by Gasteiger charge is -2.17. The molecule has 0 amide bonds. The maximum absolute atomic E-state index is 11.3. The van der Waals surface area contributed by atoms with Crippen LogP contribution in [0.25, 0.3) is 0 Å². The molecular formula is C17H17NO4. The molecule has 1 fully saturated rings. The van der Waals surface area contributed by atoms with Crippen LogP contribution in [-0.2, 0) is 9.47 Å². The second-order valence-corrected chi connectivity index (χ2v) is 5.70. The molecule has 0 unspecified atom stereocenters. The second-order valence-electron chi connectivity index (χ2n) is 5.70. The van der Waals surface area contributed by atoms with Crippen molar-refractivity contribution in [3.63, 3.8) is 0 Å². The number of nitrogens with zero attached hydrogens (tertiary/aromatic N) is 1. The molecule has 22 heavy (non-hydrogen) atoms. The molecule has 0 saturated carbocycles. The maximum atomic E-state index is 11.3. The van der Waals surface area contributed by atoms with Crippen LogP contribution in [-0.4, -0.2) is 10.7 Å². The first-order chi connectivity index (χ1) is 10.5. The van der Waals surface area contributed by atoms with E-state index in [9.17, 15) is 10.1 Å². The predicted octanol–water partition coefficient (Wildman–Crippen LogP) is 4.16. The molecule has 2 atom stereocenters. The summed E-state index contributed by atoms with van der Waals surface area (Å²) in [5, 5.41) is 11.3. The van der Waals surface area contributed by atoms with E-state index in [0.717, 1.165) is 5.56 Å². The molecule has 2 aromatic carbocycles. The molecule has 0 bridgehead atoms. The van der Waals surface area contributed by atoms with Crippen LogP contribution in [0.2, 0.25) is 0 Å². The molecule has 1 aliphatic rings. The van der Waals surface area contributed by atoms with Gasteiger partial charge < -0.3 is 9.47 Å². The molecule has 3 rings (SSSR count). The van der Waals surface area contributed by atoms with Gasteiger partial charge in [0.1, 0.15) is 12.2 Å². The van der Waals surface area contributed by atoms with E-state index in [1.165, 1.54) is 6.07 Å². The van der Waals surface area contributed by atoms with E-state index in [1.807, 2.05) is 44.2 Å². The molecule has 114 valence electrons. The van der Waals surface area contributed by atoms with Gasteiger partial charge in [-0.05, 0) is 25.5 Å². The Balaban J connectivity index is 2.06. The predicted molar refractivity (Wildman–Crippen MR) is 81.3 cm³/mol. The summed E-state index contributed by atoms with van der Waals surface area (Å²) >= 11 is 0. The molecule has 0 spiro atoms. The molecule has 2 aromatic rings. The van der Waals surface area contributed by atoms with Crippen molar-refractivity contribution in [2.45, 2.75) is 31.8 Å². The van der Waals surface area contributed by atoms with Gasteiger partial charge in [-0.1, -0.05) is 42.5 Å². The summed E-state index contributed by atoms with van der Waals surface area (Å²) in [6, 6.07) is 16.3. The van der Waals surface area contributed by atoms with Crippen molar-refractivity contribution in [3.8, 4) is 0 Å². The van der Waals surface area contributed by atoms with E-state index >= 15 is 0 Å². The van der Waals surface area contributed by atoms with Crippen LogP contribution in [0.5, 0.6) is 0 Å². The van der Waals surface area contributed by atoms with Crippen LogP contribution >= 0.6 is 0 Å². The number of hydrogen-bond acceptors (Lipinski definition) is 4. The van der Waals surface area contributed by atoms with Crippen molar-refractivity contribution in [2.24, 2.45) is 0 Å². The molecule has 1 aliphatic heterocycles. The van der Waals surface area contributed by atoms with Gasteiger partial charge in [0.05, 0.1) is 10.5 Å². The summed E-state index contributed by atoms with van der Waals surface area (Å²) in [5.74, 6) is -0.797. The molecule has 0 N–H and O–H groups in total. The van der Waals surface area contributed by atoms with Crippen LogP contribution < -0.4 is 0 Å². The molecule has 0 aromatic heterocycles. The number of benzene rings is 2. The average Bonchev–Trinajstić information content (AvgIpc) is 2.84. The zero-order valence-electron chi connectivity index (χ0n) is 12.4. The normalized spacial score (nSPS) is 23.4. The van der Waals surface area contributed by atoms with E-state index in [-0.39, 0.29) is 16.7 Å². The van der Waals surface area contributed by atoms with Gasteiger partial charge >= 0.3 is 0 Å². The van der Waals surface area contributed by atoms with Crippen LogP contribution in [0.3, 0.4) is 0 Å². The molecule has 0 radical (unpaired) electrons. The Morgan fingerprint density at radius 3 is 2.23 bits per heavy atom. The van der Waals surface area contributed by atoms with Crippen molar-refractivity contribution >= 4 is 5.69 Å². The van der Waals surface area contributed by atoms with E-state index in [1.54, 1.807) is 18.2 Å². The van der Waals surface area contributed by atoms with Crippen LogP contribution in [0.4, 0.5) is 5.69 Å². The third kappa shape index (κ3) is 2.73. The van der Waals surface area contributed by atoms with E-state index < -0.39 is 11.9 Å². The monoisotopic (exact) mass is 299 g/mol. The molecular weight excluding hydrogens is 282 g/mol. The number of nitro benzene ring substituents is 1. The Kier molecular flexibility index (Phi) is 3.68. The summed E-state index contributed by atoms with van der Waals surface area (Å²) in [6.45, 7) is 3.63. The largest absolute Gasteiger partial charge is 0.339 e. The Hall–Kier alpha value is -2.24. The minimum Gasteiger partial charge on any atom is -0.339 e. The van der Waals surface area contributed by atoms with Crippen LogP contribution in [0, 0.1) is 10.1 Å². The van der Waals surface area contributed by atoms with E-state index in [4.69, 9.17) is 9.47 Å². The molecule has 5 nitrogen and oxygen atoms in total. The number of para-hydroxylation sites is 1. The zero-order valence-corrected chi connectivity index (χ0v) is 12.4. The van der Waals surface area contributed by atoms with Crippen molar-refractivity contribution in [1.29, 1.82) is 0 Å². The Labute approximate surface area is 128 Å². The quantitative estimate of drug-likeness (QED) is 0.630. The first kappa shape index (κ1) is 14.7. The molecule has 1 heterocycles. The van der Waals surface area contributed by atoms with Gasteiger partial charge in [0.25, 0.3) is 5.69 Å². The fourth-order valence-electron chi connectivity index (χ4n) is 2.77. The van der Waals surface area contributed by atoms with Crippen molar-refractivity contribution in [1.82, 2.24) is 0 Å². The third-order valence-electron chi connectivity index (χ3n) is 3.66. The summed E-state index contributed by atoms with van der Waals surface area (Å²) < 4.78 is 12.0. The Bertz CT molecular complexity index is 684. The smallest absolute Gasteiger partial charge is 0.275 e. The SMILES string of the molecule is CC1(C)O[C@H](c2ccccc2)[C@@H](c2ccccc2[N+](=O)[O-])O1. The summed E-state index contributed by atoms with van der Waals surface area (Å²) in [6.07, 6.45) is -0.892. The standard InChI is InChI=1S/C17H17NO4/c1-17(2)21-15(12-8-4-3-5-9-12)16(22-17)13-10-6-7-11-14(13)18(19)20/h3-11,15-16H,1-2H3/t15-,16-/m1/s1. The highest BCUT2D eigenvalue weighted by Gasteiger charge is 2.44. The minimum absolute atomic E-state index is 0.0507. The molecule has 1 saturated heterocycles. The Morgan fingerprint density at radius 2 is 1.55 bits per heavy atom. The second kappa shape index (κ2) is 5.51. The lowest BCUT2D eigenvalue weighted by atomic mass is 9.97. The number of hydrogen-bond donors (Lipinski definition) is 0. The first-order valence-electron chi connectivity index (χ1n) is 7.12. The lowest BCUT2D eigenvalue weighted by molar-refractivity contribution is -0.386. The van der Waals surface area contributed by atoms with Crippen molar-refractivity contribution < 1.29 is 14.4 Å². The van der Waals surface area contributed by atoms with Gasteiger partial charge in [-0.2, -0.15) is 0 Å². The summed E-state index contributed by atoms with van der Waals surface area (Å²) in [7, 11) is 0. The van der Waals surface area contributed by atoms with Gasteiger partial charge in [-0.25, -0.2) is 0 Å². The zero-order chi connectivity index (χ0) is 15.7. The van der Waals surface area contributed by atoms with E-state index in [0.29, 0.717) is 5.56 Å². The van der Waals surface area contributed by atoms with Crippen LogP contribution in [0.1, 0.15) is 37.2 Å². The summed E-state index contributed by atoms with van der Waals surface area (Å²) in [5.41, 5.74) is 1.53. The maximum Gasteiger partial charge on any atom is 0.275 e. The van der Waals surface area contributed by atoms with Gasteiger partial charge in [0.2, 0.25) is 0 Å². The fraction of sp³-hybridized carbons (Fsp3) is 0.294. The Morgan fingerprint density at radius 1 is 0.955 bits per heavy atom. The average molecular weight is 299 g/mol. The topological polar surface area (TPSA) is 61.6 Å². The van der Waals surface area contributed by atoms with Crippen molar-refractivity contribution in [2.75, 3.05) is 0 Å². The number of ether oxygens (including phenoxy) is 2. The van der Waals surface area contributed by atoms with Gasteiger partial charge in [0, 0.05) is 6.07 Å². The molecule has 5 heteroatoms. The molecule has 0 aliphatic carbocycles. The lowest BCUT2D eigenvalue weighted by Crippen LogP contribution is -2.20. The van der Waals surface area contributed by atoms with Crippen LogP contribution in [0.15, 0.2) is 54.6 Å². The number of nitro groups is 1. The first-order valence-corrected chi connectivity index (χ1v) is 7.12. The van der Waals surface area contributed by atoms with E-state index in [2.05, 4.69) is 0 Å². The van der Waals surface area contributed by atoms with Crippen molar-refractivity contribution in [3.05, 3.63) is 75.8 Å². The number of rotatable bonds is 3. The highest BCUT2D eigenvalue weighted by atomic mass is 16.8. The van der Waals surface area contributed by atoms with Gasteiger partial charge in [-0.3, -0.25) is 10.1 Å². The highest BCUT2D eigenvalue weighted by Crippen LogP contribution is 2.48. The van der Waals surface area contributed by atoms with Gasteiger partial charge in [0.15, 0.2) is 5.79 Å². The third-order valence-corrected chi connectivity index (χ3v) is 3.66. The fourth-order valence-corrected chi connectivity index (χ4v) is 2.77. The highest BCUT2D eigenvalue weighted by molar-refractivity contribution is 5.43. The van der Waals surface area contributed by atoms with Gasteiger partial charge in [-0.15, -0.1) is 0 Å². The minimum atomic E-state index is -0.797.